The molecule has 0 aliphatic carbocycles. The Labute approximate surface area is 102 Å². The average Bonchev–Trinajstić information content (AvgIpc) is 2.66. The van der Waals surface area contributed by atoms with Gasteiger partial charge in [0.25, 0.3) is 0 Å². The van der Waals surface area contributed by atoms with Gasteiger partial charge in [0.15, 0.2) is 0 Å². The summed E-state index contributed by atoms with van der Waals surface area (Å²) < 4.78 is 0. The van der Waals surface area contributed by atoms with Gasteiger partial charge < -0.3 is 10.0 Å². The van der Waals surface area contributed by atoms with Gasteiger partial charge in [-0.2, -0.15) is 0 Å². The molecule has 1 N–H and O–H groups in total. The first-order chi connectivity index (χ1) is 8.02. The summed E-state index contributed by atoms with van der Waals surface area (Å²) in [6.07, 6.45) is 0.835. The Bertz CT molecular complexity index is 428. The minimum Gasteiger partial charge on any atom is -0.481 e. The Morgan fingerprint density at radius 1 is 1.35 bits per heavy atom. The molecule has 2 rings (SSSR count). The minimum atomic E-state index is -0.714. The Kier molecular flexibility index (Phi) is 3.09. The molecule has 92 valence electrons. The van der Waals surface area contributed by atoms with E-state index in [0.717, 1.165) is 6.42 Å². The maximum Gasteiger partial charge on any atom is 0.308 e. The molecule has 1 aliphatic rings. The van der Waals surface area contributed by atoms with E-state index in [1.54, 1.807) is 6.92 Å². The zero-order valence-electron chi connectivity index (χ0n) is 10.6. The fourth-order valence-electron chi connectivity index (χ4n) is 2.68. The number of fused-ring (bicyclic) bond motifs is 1. The van der Waals surface area contributed by atoms with Gasteiger partial charge >= 0.3 is 5.97 Å². The molecule has 1 heterocycles. The molecule has 3 nitrogen and oxygen atoms in total. The molecule has 1 aromatic rings. The number of benzene rings is 1. The highest BCUT2D eigenvalue weighted by Gasteiger charge is 2.36. The van der Waals surface area contributed by atoms with Gasteiger partial charge in [0.2, 0.25) is 0 Å². The quantitative estimate of drug-likeness (QED) is 0.872. The number of nitrogens with zero attached hydrogens (tertiary/aromatic N) is 1. The van der Waals surface area contributed by atoms with Crippen molar-refractivity contribution in [2.75, 3.05) is 4.90 Å². The molecule has 1 aliphatic heterocycles. The lowest BCUT2D eigenvalue weighted by atomic mass is 9.97. The molecule has 0 radical (unpaired) electrons. The first-order valence-electron chi connectivity index (χ1n) is 6.11. The summed E-state index contributed by atoms with van der Waals surface area (Å²) in [7, 11) is 0. The van der Waals surface area contributed by atoms with Crippen molar-refractivity contribution in [3.63, 3.8) is 0 Å². The van der Waals surface area contributed by atoms with Crippen LogP contribution in [0.1, 0.15) is 26.3 Å². The van der Waals surface area contributed by atoms with E-state index in [1.807, 2.05) is 12.1 Å². The van der Waals surface area contributed by atoms with Crippen molar-refractivity contribution in [3.8, 4) is 0 Å². The van der Waals surface area contributed by atoms with E-state index in [4.69, 9.17) is 0 Å². The van der Waals surface area contributed by atoms with Crippen LogP contribution in [-0.4, -0.2) is 23.2 Å². The van der Waals surface area contributed by atoms with Gasteiger partial charge in [-0.25, -0.2) is 0 Å². The lowest BCUT2D eigenvalue weighted by Gasteiger charge is -2.33. The topological polar surface area (TPSA) is 40.5 Å². The van der Waals surface area contributed by atoms with Crippen LogP contribution in [0, 0.1) is 5.92 Å². The summed E-state index contributed by atoms with van der Waals surface area (Å²) >= 11 is 0. The van der Waals surface area contributed by atoms with E-state index in [9.17, 15) is 9.90 Å². The molecule has 2 atom stereocenters. The average molecular weight is 233 g/mol. The third kappa shape index (κ3) is 2.02. The third-order valence-electron chi connectivity index (χ3n) is 3.58. The first-order valence-corrected chi connectivity index (χ1v) is 6.11. The normalized spacial score (nSPS) is 20.5. The van der Waals surface area contributed by atoms with Gasteiger partial charge in [-0.15, -0.1) is 0 Å². The van der Waals surface area contributed by atoms with Gasteiger partial charge in [-0.05, 0) is 38.8 Å². The Morgan fingerprint density at radius 3 is 2.59 bits per heavy atom. The van der Waals surface area contributed by atoms with Crippen LogP contribution in [0.5, 0.6) is 0 Å². The van der Waals surface area contributed by atoms with E-state index in [-0.39, 0.29) is 12.0 Å². The molecule has 0 aromatic heterocycles. The van der Waals surface area contributed by atoms with E-state index in [0.29, 0.717) is 6.04 Å². The highest BCUT2D eigenvalue weighted by molar-refractivity contribution is 5.73. The maximum absolute atomic E-state index is 11.2. The van der Waals surface area contributed by atoms with E-state index in [2.05, 4.69) is 30.9 Å². The zero-order valence-corrected chi connectivity index (χ0v) is 10.6. The second-order valence-electron chi connectivity index (χ2n) is 5.03. The molecule has 0 saturated heterocycles. The van der Waals surface area contributed by atoms with Crippen LogP contribution >= 0.6 is 0 Å². The van der Waals surface area contributed by atoms with Gasteiger partial charge in [0.05, 0.1) is 5.92 Å². The second kappa shape index (κ2) is 4.40. The number of carboxylic acid groups (broad SMARTS) is 1. The van der Waals surface area contributed by atoms with Crippen LogP contribution in [-0.2, 0) is 11.2 Å². The summed E-state index contributed by atoms with van der Waals surface area (Å²) in [6.45, 7) is 6.03. The lowest BCUT2D eigenvalue weighted by Crippen LogP contribution is -2.44. The zero-order chi connectivity index (χ0) is 12.6. The van der Waals surface area contributed by atoms with E-state index >= 15 is 0 Å². The summed E-state index contributed by atoms with van der Waals surface area (Å²) in [6, 6.07) is 8.62. The standard InChI is InChI=1S/C14H19NO2/c1-9(2)15-12-7-5-4-6-11(12)8-13(15)10(3)14(16)17/h4-7,9-10,13H,8H2,1-3H3,(H,16,17). The summed E-state index contributed by atoms with van der Waals surface area (Å²) in [5.41, 5.74) is 2.46. The summed E-state index contributed by atoms with van der Waals surface area (Å²) in [5.74, 6) is -1.06. The smallest absolute Gasteiger partial charge is 0.308 e. The van der Waals surface area contributed by atoms with E-state index < -0.39 is 5.97 Å². The highest BCUT2D eigenvalue weighted by atomic mass is 16.4. The number of carbonyl (C=O) groups is 1. The monoisotopic (exact) mass is 233 g/mol. The maximum atomic E-state index is 11.2. The second-order valence-corrected chi connectivity index (χ2v) is 5.03. The number of aliphatic carboxylic acids is 1. The van der Waals surface area contributed by atoms with Gasteiger partial charge in [0.1, 0.15) is 0 Å². The van der Waals surface area contributed by atoms with Crippen LogP contribution < -0.4 is 4.90 Å². The molecule has 0 saturated carbocycles. The van der Waals surface area contributed by atoms with Gasteiger partial charge in [-0.1, -0.05) is 18.2 Å². The summed E-state index contributed by atoms with van der Waals surface area (Å²) in [5, 5.41) is 9.19. The number of hydrogen-bond donors (Lipinski definition) is 1. The van der Waals surface area contributed by atoms with Crippen molar-refractivity contribution in [1.29, 1.82) is 0 Å². The number of para-hydroxylation sites is 1. The Balaban J connectivity index is 2.36. The molecular weight excluding hydrogens is 214 g/mol. The molecular formula is C14H19NO2. The molecule has 0 amide bonds. The van der Waals surface area contributed by atoms with Crippen molar-refractivity contribution in [3.05, 3.63) is 29.8 Å². The molecule has 0 spiro atoms. The number of hydrogen-bond acceptors (Lipinski definition) is 2. The molecule has 0 fully saturated rings. The van der Waals surface area contributed by atoms with Crippen LogP contribution in [0.3, 0.4) is 0 Å². The molecule has 0 bridgehead atoms. The van der Waals surface area contributed by atoms with Crippen molar-refractivity contribution in [1.82, 2.24) is 0 Å². The minimum absolute atomic E-state index is 0.0740. The first kappa shape index (κ1) is 12.0. The largest absolute Gasteiger partial charge is 0.481 e. The Morgan fingerprint density at radius 2 is 2.00 bits per heavy atom. The van der Waals surface area contributed by atoms with Crippen molar-refractivity contribution in [2.45, 2.75) is 39.3 Å². The highest BCUT2D eigenvalue weighted by Crippen LogP contribution is 2.36. The number of carboxylic acids is 1. The van der Waals surface area contributed by atoms with Crippen LogP contribution in [0.2, 0.25) is 0 Å². The van der Waals surface area contributed by atoms with Gasteiger partial charge in [0, 0.05) is 17.8 Å². The summed E-state index contributed by atoms with van der Waals surface area (Å²) in [4.78, 5) is 13.4. The SMILES string of the molecule is CC(C(=O)O)C1Cc2ccccc2N1C(C)C. The molecule has 1 aromatic carbocycles. The Hall–Kier alpha value is -1.51. The predicted molar refractivity (Wildman–Crippen MR) is 68.3 cm³/mol. The van der Waals surface area contributed by atoms with Crippen LogP contribution in [0.15, 0.2) is 24.3 Å². The molecule has 17 heavy (non-hydrogen) atoms. The van der Waals surface area contributed by atoms with Crippen LogP contribution in [0.25, 0.3) is 0 Å². The fourth-order valence-corrected chi connectivity index (χ4v) is 2.68. The predicted octanol–water partition coefficient (Wildman–Crippen LogP) is 2.55. The van der Waals surface area contributed by atoms with Crippen molar-refractivity contribution >= 4 is 11.7 Å². The third-order valence-corrected chi connectivity index (χ3v) is 3.58. The fraction of sp³-hybridized carbons (Fsp3) is 0.500. The number of rotatable bonds is 3. The van der Waals surface area contributed by atoms with Gasteiger partial charge in [-0.3, -0.25) is 4.79 Å². The molecule has 3 heteroatoms. The van der Waals surface area contributed by atoms with Crippen LogP contribution in [0.4, 0.5) is 5.69 Å². The van der Waals surface area contributed by atoms with E-state index in [1.165, 1.54) is 11.3 Å². The van der Waals surface area contributed by atoms with Crippen molar-refractivity contribution < 1.29 is 9.90 Å². The number of anilines is 1. The van der Waals surface area contributed by atoms with Crippen molar-refractivity contribution in [2.24, 2.45) is 5.92 Å². The molecule has 2 unspecified atom stereocenters. The lowest BCUT2D eigenvalue weighted by molar-refractivity contribution is -0.141.